The summed E-state index contributed by atoms with van der Waals surface area (Å²) in [4.78, 5) is 5.68. The van der Waals surface area contributed by atoms with E-state index in [1.54, 1.807) is 0 Å². The number of hydrogen-bond acceptors (Lipinski definition) is 2. The van der Waals surface area contributed by atoms with E-state index < -0.39 is 0 Å². The van der Waals surface area contributed by atoms with Crippen molar-refractivity contribution in [3.05, 3.63) is 309 Å². The van der Waals surface area contributed by atoms with Crippen molar-refractivity contribution in [3.8, 4) is 72.4 Å². The third-order valence-electron chi connectivity index (χ3n) is 29.3. The van der Waals surface area contributed by atoms with Crippen LogP contribution in [0.5, 0.6) is 0 Å². The van der Waals surface area contributed by atoms with Crippen LogP contribution in [0, 0.1) is 0 Å². The molecule has 0 spiro atoms. The van der Waals surface area contributed by atoms with Crippen LogP contribution in [0.4, 0.5) is 34.1 Å². The molecule has 0 amide bonds. The van der Waals surface area contributed by atoms with E-state index in [-0.39, 0.29) is 77.1 Å². The number of fused-ring (bicyclic) bond motifs is 7. The molecule has 0 radical (unpaired) electrons. The first-order valence-corrected chi connectivity index (χ1v) is 50.0. The van der Waals surface area contributed by atoms with Crippen LogP contribution in [-0.2, 0) is 70.4 Å². The molecule has 2 aliphatic rings. The summed E-state index contributed by atoms with van der Waals surface area (Å²) in [7, 11) is 0. The van der Waals surface area contributed by atoms with Crippen LogP contribution in [0.15, 0.2) is 237 Å². The van der Waals surface area contributed by atoms with E-state index in [4.69, 9.17) is 0 Å². The molecule has 134 heavy (non-hydrogen) atoms. The number of nitrogens with zero attached hydrogens (tertiary/aromatic N) is 3. The summed E-state index contributed by atoms with van der Waals surface area (Å²) in [6.07, 6.45) is 0. The van der Waals surface area contributed by atoms with Gasteiger partial charge >= 0.3 is 0 Å². The quantitative estimate of drug-likeness (QED) is 0.133. The molecule has 0 saturated carbocycles. The topological polar surface area (TPSA) is 11.4 Å². The lowest BCUT2D eigenvalue weighted by atomic mass is 9.33. The second-order valence-electron chi connectivity index (χ2n) is 53.6. The van der Waals surface area contributed by atoms with Crippen molar-refractivity contribution in [2.75, 3.05) is 9.80 Å². The summed E-state index contributed by atoms with van der Waals surface area (Å²) < 4.78 is 2.65. The molecule has 0 unspecified atom stereocenters. The van der Waals surface area contributed by atoms with Crippen LogP contribution < -0.4 is 26.2 Å². The molecule has 4 heteroatoms. The van der Waals surface area contributed by atoms with E-state index in [2.05, 4.69) is 521 Å². The van der Waals surface area contributed by atoms with Gasteiger partial charge in [-0.05, 0) is 246 Å². The molecule has 0 N–H and O–H groups in total. The van der Waals surface area contributed by atoms with Crippen LogP contribution in [0.3, 0.4) is 0 Å². The fraction of sp³-hybridized carbons (Fsp3) is 0.400. The van der Waals surface area contributed by atoms with Gasteiger partial charge in [0.25, 0.3) is 6.71 Å². The Kier molecular flexibility index (Phi) is 23.4. The smallest absolute Gasteiger partial charge is 0.252 e. The molecule has 694 valence electrons. The number of para-hydroxylation sites is 3. The Balaban J connectivity index is 1.21. The Morgan fingerprint density at radius 3 is 0.687 bits per heavy atom. The van der Waals surface area contributed by atoms with Gasteiger partial charge in [0.05, 0.1) is 28.1 Å². The molecule has 3 heterocycles. The van der Waals surface area contributed by atoms with E-state index >= 15 is 0 Å². The molecule has 1 aromatic heterocycles. The minimum absolute atomic E-state index is 0.116. The predicted octanol–water partition coefficient (Wildman–Crippen LogP) is 35.7. The Labute approximate surface area is 809 Å². The standard InChI is InChI=1S/C130H156BN3/c1-118(2,3)87-52-55-110-106(76-87)105-44-40-41-49-109(105)132(110)100-77-113-115-114(78-100)134(117-103(85-64-96(127(28,29)30)74-97(65-85)128(31,32)33)47-43-48-104(117)86-66-98(129(34,35)36)75-99(67-86)130(37,38)39)112-54-51-80(82-58-90(121(10,11)12)71-91(59-82)122(13,14)15)69-108(112)131(115)107-68-79(81-56-88(119(4,5)6)70-89(57-81)120(7,8)9)50-53-111(107)133(113)116-101(83-60-92(123(16,17)18)72-93(61-83)124(19,20)21)45-42-46-102(116)84-62-94(125(22,23)24)73-95(63-84)126(25,26)27/h40-78H,1-39H3. The minimum Gasteiger partial charge on any atom is -0.310 e. The molecular formula is C130H156BN3. The highest BCUT2D eigenvalue weighted by Gasteiger charge is 2.47. The SMILES string of the molecule is CC(C)(C)c1cc(-c2ccc3c(c2)B2c4cc(-c5cc(C(C)(C)C)cc(C(C)(C)C)c5)ccc4N(c4c(-c5cc(C(C)(C)C)cc(C(C)(C)C)c5)cccc4-c4cc(C(C)(C)C)cc(C(C)(C)C)c4)c4cc(-n5c6ccccc6c6cc(C(C)(C)C)ccc65)cc(c42)N3c2c(-c3cc(C(C)(C)C)cc(C(C)(C)C)c3)cccc2-c2cc(C(C)(C)C)cc(C(C)(C)C)c2)cc(C(C)(C)C)c1. The molecule has 0 atom stereocenters. The van der Waals surface area contributed by atoms with Gasteiger partial charge in [0, 0.05) is 55.8 Å². The first-order chi connectivity index (χ1) is 61.6. The number of hydrogen-bond donors (Lipinski definition) is 0. The first kappa shape index (κ1) is 96.4. The van der Waals surface area contributed by atoms with Crippen molar-refractivity contribution in [3.63, 3.8) is 0 Å². The zero-order valence-corrected chi connectivity index (χ0v) is 89.4. The van der Waals surface area contributed by atoms with E-state index in [1.165, 1.54) is 166 Å². The van der Waals surface area contributed by atoms with E-state index in [0.717, 1.165) is 50.8 Å². The predicted molar refractivity (Wildman–Crippen MR) is 591 cm³/mol. The van der Waals surface area contributed by atoms with Gasteiger partial charge in [0.2, 0.25) is 0 Å². The van der Waals surface area contributed by atoms with Crippen LogP contribution in [-0.4, -0.2) is 11.3 Å². The summed E-state index contributed by atoms with van der Waals surface area (Å²) in [5, 5.41) is 2.46. The van der Waals surface area contributed by atoms with Gasteiger partial charge in [0.1, 0.15) is 0 Å². The second-order valence-corrected chi connectivity index (χ2v) is 53.6. The van der Waals surface area contributed by atoms with Crippen molar-refractivity contribution < 1.29 is 0 Å². The van der Waals surface area contributed by atoms with Crippen molar-refractivity contribution in [2.45, 2.75) is 340 Å². The molecule has 0 bridgehead atoms. The number of rotatable bonds is 9. The fourth-order valence-corrected chi connectivity index (χ4v) is 20.1. The summed E-state index contributed by atoms with van der Waals surface area (Å²) in [5.74, 6) is 0. The third-order valence-corrected chi connectivity index (χ3v) is 29.3. The lowest BCUT2D eigenvalue weighted by Crippen LogP contribution is -2.61. The summed E-state index contributed by atoms with van der Waals surface area (Å²) in [5.41, 5.74) is 43.0. The maximum atomic E-state index is 2.84. The van der Waals surface area contributed by atoms with E-state index in [9.17, 15) is 0 Å². The van der Waals surface area contributed by atoms with Crippen molar-refractivity contribution in [2.24, 2.45) is 0 Å². The van der Waals surface area contributed by atoms with Gasteiger partial charge in [-0.3, -0.25) is 0 Å². The third kappa shape index (κ3) is 18.4. The lowest BCUT2D eigenvalue weighted by molar-refractivity contribution is 0.568. The monoisotopic (exact) mass is 1770 g/mol. The van der Waals surface area contributed by atoms with Gasteiger partial charge in [0.15, 0.2) is 0 Å². The Hall–Kier alpha value is -10.7. The maximum absolute atomic E-state index is 2.84. The van der Waals surface area contributed by atoms with Crippen LogP contribution >= 0.6 is 0 Å². The zero-order valence-electron chi connectivity index (χ0n) is 89.4. The molecule has 3 nitrogen and oxygen atoms in total. The van der Waals surface area contributed by atoms with Gasteiger partial charge < -0.3 is 14.4 Å². The number of aromatic nitrogens is 1. The van der Waals surface area contributed by atoms with Crippen molar-refractivity contribution in [1.82, 2.24) is 4.57 Å². The summed E-state index contributed by atoms with van der Waals surface area (Å²) in [6, 6.07) is 97.8. The van der Waals surface area contributed by atoms with E-state index in [1.807, 2.05) is 0 Å². The number of benzene rings is 13. The van der Waals surface area contributed by atoms with Crippen LogP contribution in [0.25, 0.3) is 94.3 Å². The van der Waals surface area contributed by atoms with Crippen LogP contribution in [0.1, 0.15) is 342 Å². The molecule has 2 aliphatic heterocycles. The molecule has 0 aliphatic carbocycles. The minimum atomic E-state index is -0.368. The average molecular weight is 1770 g/mol. The van der Waals surface area contributed by atoms with Crippen molar-refractivity contribution >= 4 is 79.0 Å². The van der Waals surface area contributed by atoms with Gasteiger partial charge in [-0.15, -0.1) is 0 Å². The van der Waals surface area contributed by atoms with Gasteiger partial charge in [-0.25, -0.2) is 0 Å². The molecule has 13 aromatic carbocycles. The average Bonchev–Trinajstić information content (AvgIpc) is 0.862. The highest BCUT2D eigenvalue weighted by Crippen LogP contribution is 2.57. The van der Waals surface area contributed by atoms with Crippen molar-refractivity contribution in [1.29, 1.82) is 0 Å². The maximum Gasteiger partial charge on any atom is 0.252 e. The molecule has 14 aromatic rings. The van der Waals surface area contributed by atoms with E-state index in [0.29, 0.717) is 0 Å². The number of anilines is 6. The normalized spacial score (nSPS) is 14.0. The largest absolute Gasteiger partial charge is 0.310 e. The zero-order chi connectivity index (χ0) is 97.9. The molecule has 0 saturated heterocycles. The fourth-order valence-electron chi connectivity index (χ4n) is 20.1. The molecule has 0 fully saturated rings. The first-order valence-electron chi connectivity index (χ1n) is 50.0. The summed E-state index contributed by atoms with van der Waals surface area (Å²) in [6.45, 7) is 93.0. The Morgan fingerprint density at radius 1 is 0.179 bits per heavy atom. The van der Waals surface area contributed by atoms with Crippen LogP contribution in [0.2, 0.25) is 0 Å². The summed E-state index contributed by atoms with van der Waals surface area (Å²) >= 11 is 0. The second kappa shape index (κ2) is 32.5. The van der Waals surface area contributed by atoms with Gasteiger partial charge in [-0.1, -0.05) is 464 Å². The highest BCUT2D eigenvalue weighted by molar-refractivity contribution is 7.00. The molecule has 16 rings (SSSR count). The lowest BCUT2D eigenvalue weighted by Gasteiger charge is -2.46. The molecular weight excluding hydrogens is 1610 g/mol. The van der Waals surface area contributed by atoms with Gasteiger partial charge in [-0.2, -0.15) is 0 Å². The Bertz CT molecular complexity index is 6270. The Morgan fingerprint density at radius 2 is 0.425 bits per heavy atom. The highest BCUT2D eigenvalue weighted by atomic mass is 15.2.